The molecule has 1 aliphatic carbocycles. The minimum atomic E-state index is -1.14. The van der Waals surface area contributed by atoms with Crippen LogP contribution in [0.1, 0.15) is 69.2 Å². The molecule has 0 unspecified atom stereocenters. The quantitative estimate of drug-likeness (QED) is 0.292. The van der Waals surface area contributed by atoms with Crippen molar-refractivity contribution in [2.75, 3.05) is 5.32 Å². The van der Waals surface area contributed by atoms with Crippen LogP contribution in [0.15, 0.2) is 18.2 Å². The molecule has 0 aliphatic heterocycles. The highest BCUT2D eigenvalue weighted by Gasteiger charge is 2.28. The molecule has 30 heavy (non-hydrogen) atoms. The Kier molecular flexibility index (Phi) is 5.73. The third kappa shape index (κ3) is 4.24. The number of aryl methyl sites for hydroxylation is 1. The van der Waals surface area contributed by atoms with E-state index in [1.807, 2.05) is 0 Å². The van der Waals surface area contributed by atoms with Crippen LogP contribution in [0.5, 0.6) is 0 Å². The number of nitrogens with zero attached hydrogens (tertiary/aromatic N) is 1. The van der Waals surface area contributed by atoms with Crippen molar-refractivity contribution in [3.63, 3.8) is 0 Å². The fourth-order valence-electron chi connectivity index (χ4n) is 3.39. The number of esters is 1. The van der Waals surface area contributed by atoms with Crippen LogP contribution in [0.25, 0.3) is 0 Å². The van der Waals surface area contributed by atoms with Crippen LogP contribution in [0.2, 0.25) is 0 Å². The number of rotatable bonds is 8. The summed E-state index contributed by atoms with van der Waals surface area (Å²) in [5, 5.41) is 14.4. The Morgan fingerprint density at radius 2 is 1.93 bits per heavy atom. The van der Waals surface area contributed by atoms with Gasteiger partial charge in [0.2, 0.25) is 5.78 Å². The number of nitro benzene ring substituents is 1. The Morgan fingerprint density at radius 3 is 2.47 bits per heavy atom. The maximum absolute atomic E-state index is 12.7. The Bertz CT molecular complexity index is 1050. The van der Waals surface area contributed by atoms with E-state index in [4.69, 9.17) is 4.74 Å². The van der Waals surface area contributed by atoms with E-state index in [0.717, 1.165) is 18.9 Å². The number of carbonyl (C=O) groups is 3. The number of nitro groups is 1. The van der Waals surface area contributed by atoms with Gasteiger partial charge in [-0.1, -0.05) is 0 Å². The van der Waals surface area contributed by atoms with Crippen LogP contribution in [-0.2, 0) is 4.74 Å². The molecule has 1 fully saturated rings. The Hall–Kier alpha value is -3.49. The second-order valence-electron chi connectivity index (χ2n) is 7.50. The van der Waals surface area contributed by atoms with Gasteiger partial charge in [-0.2, -0.15) is 0 Å². The maximum Gasteiger partial charge on any atom is 0.339 e. The zero-order valence-electron chi connectivity index (χ0n) is 17.2. The van der Waals surface area contributed by atoms with E-state index >= 15 is 0 Å². The van der Waals surface area contributed by atoms with Crippen LogP contribution in [0, 0.1) is 24.0 Å². The number of benzene rings is 1. The Balaban J connectivity index is 1.77. The lowest BCUT2D eigenvalue weighted by Crippen LogP contribution is -2.25. The van der Waals surface area contributed by atoms with Gasteiger partial charge in [-0.3, -0.25) is 19.7 Å². The van der Waals surface area contributed by atoms with Crippen LogP contribution in [-0.4, -0.2) is 39.6 Å². The van der Waals surface area contributed by atoms with Gasteiger partial charge >= 0.3 is 5.97 Å². The molecular weight excluding hydrogens is 390 g/mol. The average molecular weight is 413 g/mol. The third-order valence-electron chi connectivity index (χ3n) is 5.06. The number of hydrogen-bond acceptors (Lipinski definition) is 7. The van der Waals surface area contributed by atoms with Gasteiger partial charge in [0, 0.05) is 23.4 Å². The highest BCUT2D eigenvalue weighted by molar-refractivity contribution is 6.05. The zero-order valence-corrected chi connectivity index (χ0v) is 17.2. The summed E-state index contributed by atoms with van der Waals surface area (Å²) in [7, 11) is 0. The average Bonchev–Trinajstić information content (AvgIpc) is 3.43. The van der Waals surface area contributed by atoms with Gasteiger partial charge in [0.25, 0.3) is 5.69 Å². The SMILES string of the molecule is CC(=O)c1c(C)[nH]c(C(=O)[C@H](C)OC(=O)c2ccc(NC3CC3)c([N+](=O)[O-])c2)c1C. The molecule has 158 valence electrons. The Morgan fingerprint density at radius 1 is 1.27 bits per heavy atom. The summed E-state index contributed by atoms with van der Waals surface area (Å²) in [5.41, 5.74) is 1.80. The molecule has 1 aromatic heterocycles. The van der Waals surface area contributed by atoms with E-state index in [-0.39, 0.29) is 28.8 Å². The van der Waals surface area contributed by atoms with E-state index in [2.05, 4.69) is 10.3 Å². The summed E-state index contributed by atoms with van der Waals surface area (Å²) in [5.74, 6) is -1.50. The molecule has 1 heterocycles. The predicted octanol–water partition coefficient (Wildman–Crippen LogP) is 3.74. The van der Waals surface area contributed by atoms with E-state index in [9.17, 15) is 24.5 Å². The van der Waals surface area contributed by atoms with E-state index < -0.39 is 22.8 Å². The lowest BCUT2D eigenvalue weighted by molar-refractivity contribution is -0.384. The molecule has 0 bridgehead atoms. The minimum absolute atomic E-state index is 0.0217. The first-order valence-electron chi connectivity index (χ1n) is 9.60. The minimum Gasteiger partial charge on any atom is -0.451 e. The zero-order chi connectivity index (χ0) is 22.2. The number of ketones is 2. The first-order valence-corrected chi connectivity index (χ1v) is 9.60. The van der Waals surface area contributed by atoms with Crippen molar-refractivity contribution in [2.24, 2.45) is 0 Å². The highest BCUT2D eigenvalue weighted by atomic mass is 16.6. The second kappa shape index (κ2) is 8.10. The second-order valence-corrected chi connectivity index (χ2v) is 7.50. The monoisotopic (exact) mass is 413 g/mol. The Labute approximate surface area is 173 Å². The van der Waals surface area contributed by atoms with Gasteiger partial charge in [0.05, 0.1) is 16.2 Å². The number of Topliss-reactive ketones (excluding diaryl/α,β-unsaturated/α-hetero) is 2. The summed E-state index contributed by atoms with van der Waals surface area (Å²) < 4.78 is 5.25. The summed E-state index contributed by atoms with van der Waals surface area (Å²) in [6, 6.07) is 4.25. The molecule has 0 saturated heterocycles. The van der Waals surface area contributed by atoms with Crippen molar-refractivity contribution in [1.29, 1.82) is 0 Å². The van der Waals surface area contributed by atoms with E-state index in [0.29, 0.717) is 22.5 Å². The lowest BCUT2D eigenvalue weighted by Gasteiger charge is -2.13. The van der Waals surface area contributed by atoms with E-state index in [1.165, 1.54) is 26.0 Å². The van der Waals surface area contributed by atoms with Gasteiger partial charge in [-0.25, -0.2) is 4.79 Å². The summed E-state index contributed by atoms with van der Waals surface area (Å²) >= 11 is 0. The number of ether oxygens (including phenoxy) is 1. The molecule has 0 spiro atoms. The number of H-pyrrole nitrogens is 1. The van der Waals surface area contributed by atoms with Crippen LogP contribution in [0.3, 0.4) is 0 Å². The van der Waals surface area contributed by atoms with Crippen molar-refractivity contribution in [3.05, 3.63) is 56.4 Å². The molecule has 1 aliphatic rings. The summed E-state index contributed by atoms with van der Waals surface area (Å²) in [6.07, 6.45) is 0.755. The predicted molar refractivity (Wildman–Crippen MR) is 109 cm³/mol. The van der Waals surface area contributed by atoms with Gasteiger partial charge < -0.3 is 15.0 Å². The molecule has 3 rings (SSSR count). The van der Waals surface area contributed by atoms with Crippen molar-refractivity contribution < 1.29 is 24.0 Å². The molecule has 9 heteroatoms. The van der Waals surface area contributed by atoms with Crippen LogP contribution < -0.4 is 5.32 Å². The van der Waals surface area contributed by atoms with Gasteiger partial charge in [-0.15, -0.1) is 0 Å². The molecule has 2 aromatic rings. The maximum atomic E-state index is 12.7. The highest BCUT2D eigenvalue weighted by Crippen LogP contribution is 2.32. The third-order valence-corrected chi connectivity index (χ3v) is 5.06. The first kappa shape index (κ1) is 21.2. The molecule has 0 amide bonds. The van der Waals surface area contributed by atoms with Crippen LogP contribution in [0.4, 0.5) is 11.4 Å². The normalized spacial score (nSPS) is 14.1. The molecule has 2 N–H and O–H groups in total. The largest absolute Gasteiger partial charge is 0.451 e. The fraction of sp³-hybridized carbons (Fsp3) is 0.381. The van der Waals surface area contributed by atoms with Gasteiger partial charge in [0.15, 0.2) is 11.9 Å². The fourth-order valence-corrected chi connectivity index (χ4v) is 3.39. The number of anilines is 1. The standard InChI is InChI=1S/C21H23N3O6/c1-10-18(12(3)25)11(2)22-19(10)20(26)13(4)30-21(27)14-5-8-16(23-15-6-7-15)17(9-14)24(28)29/h5,8-9,13,15,22-23H,6-7H2,1-4H3/t13-/m0/s1. The lowest BCUT2D eigenvalue weighted by atomic mass is 10.0. The smallest absolute Gasteiger partial charge is 0.339 e. The number of aromatic nitrogens is 1. The number of nitrogens with one attached hydrogen (secondary N) is 2. The molecule has 9 nitrogen and oxygen atoms in total. The van der Waals surface area contributed by atoms with Crippen molar-refractivity contribution in [2.45, 2.75) is 52.7 Å². The number of carbonyl (C=O) groups excluding carboxylic acids is 3. The molecule has 1 aromatic carbocycles. The first-order chi connectivity index (χ1) is 14.1. The number of aromatic amines is 1. The van der Waals surface area contributed by atoms with Crippen molar-refractivity contribution in [3.8, 4) is 0 Å². The summed E-state index contributed by atoms with van der Waals surface area (Å²) in [4.78, 5) is 50.7. The molecule has 0 radical (unpaired) electrons. The van der Waals surface area contributed by atoms with Crippen LogP contribution >= 0.6 is 0 Å². The van der Waals surface area contributed by atoms with E-state index in [1.54, 1.807) is 13.8 Å². The molecule has 1 saturated carbocycles. The van der Waals surface area contributed by atoms with Gasteiger partial charge in [0.1, 0.15) is 5.69 Å². The van der Waals surface area contributed by atoms with Crippen molar-refractivity contribution in [1.82, 2.24) is 4.98 Å². The number of hydrogen-bond donors (Lipinski definition) is 2. The summed E-state index contributed by atoms with van der Waals surface area (Å²) in [6.45, 7) is 6.17. The molecular formula is C21H23N3O6. The van der Waals surface area contributed by atoms with Gasteiger partial charge in [-0.05, 0) is 58.2 Å². The molecule has 1 atom stereocenters. The van der Waals surface area contributed by atoms with Crippen molar-refractivity contribution >= 4 is 28.9 Å². The topological polar surface area (TPSA) is 131 Å².